The molecule has 0 aromatic heterocycles. The third kappa shape index (κ3) is 18.2. The summed E-state index contributed by atoms with van der Waals surface area (Å²) in [5.41, 5.74) is 18.6. The number of amides is 10. The second-order valence-electron chi connectivity index (χ2n) is 25.6. The van der Waals surface area contributed by atoms with Gasteiger partial charge in [0.2, 0.25) is 59.1 Å². The van der Waals surface area contributed by atoms with E-state index >= 15 is 0 Å². The summed E-state index contributed by atoms with van der Waals surface area (Å²) in [6.45, 7) is 12.2. The van der Waals surface area contributed by atoms with Crippen LogP contribution in [0.5, 0.6) is 5.75 Å². The molecule has 27 heteroatoms. The number of hydrogen-bond acceptors (Lipinski definition) is 17. The first kappa shape index (κ1) is 70.8. The van der Waals surface area contributed by atoms with Crippen LogP contribution in [0.3, 0.4) is 0 Å². The number of hydrogen-bond donors (Lipinski definition) is 13. The molecular weight excluding hydrogens is 1170 g/mol. The molecule has 88 heavy (non-hydrogen) atoms. The number of nitrogens with zero attached hydrogens (tertiary/aromatic N) is 1. The van der Waals surface area contributed by atoms with Crippen LogP contribution in [-0.2, 0) is 59.2 Å². The Labute approximate surface area is 522 Å². The van der Waals surface area contributed by atoms with Gasteiger partial charge in [-0.15, -0.1) is 0 Å². The summed E-state index contributed by atoms with van der Waals surface area (Å²) < 4.78 is 0. The van der Waals surface area contributed by atoms with Gasteiger partial charge in [0.05, 0.1) is 30.7 Å². The molecule has 1 aromatic carbocycles. The Kier molecular flexibility index (Phi) is 25.3. The number of allylic oxidation sites excluding steroid dienone is 1. The number of nitrogens with two attached hydrogens (primary N) is 3. The number of rotatable bonds is 15. The molecule has 2 aliphatic heterocycles. The number of benzene rings is 1. The number of aromatic hydroxyl groups is 1. The summed E-state index contributed by atoms with van der Waals surface area (Å²) in [6, 6.07) is -5.16. The van der Waals surface area contributed by atoms with E-state index in [2.05, 4.69) is 51.1 Å². The first-order chi connectivity index (χ1) is 41.4. The van der Waals surface area contributed by atoms with E-state index in [9.17, 15) is 68.1 Å². The zero-order chi connectivity index (χ0) is 64.9. The quantitative estimate of drug-likeness (QED) is 0.106. The Morgan fingerprint density at radius 2 is 1.41 bits per heavy atom. The van der Waals surface area contributed by atoms with E-state index in [1.54, 1.807) is 26.0 Å². The Bertz CT molecular complexity index is 2770. The fourth-order valence-corrected chi connectivity index (χ4v) is 15.9. The molecule has 16 N–H and O–H groups in total. The molecule has 16 atom stereocenters. The third-order valence-corrected chi connectivity index (χ3v) is 21.3. The van der Waals surface area contributed by atoms with Crippen molar-refractivity contribution < 1.29 is 68.1 Å². The molecule has 488 valence electrons. The first-order valence-electron chi connectivity index (χ1n) is 30.8. The lowest BCUT2D eigenvalue weighted by atomic mass is 9.51. The molecule has 2 saturated heterocycles. The molecule has 10 amide bonds. The highest BCUT2D eigenvalue weighted by Crippen LogP contribution is 2.64. The maximum atomic E-state index is 14.4. The van der Waals surface area contributed by atoms with Crippen LogP contribution in [0.2, 0.25) is 0 Å². The second kappa shape index (κ2) is 31.4. The average molecular weight is 1270 g/mol. The molecule has 0 radical (unpaired) electrons. The van der Waals surface area contributed by atoms with Gasteiger partial charge in [-0.3, -0.25) is 52.7 Å². The van der Waals surface area contributed by atoms with Crippen molar-refractivity contribution in [1.29, 1.82) is 0 Å². The number of carbonyl (C=O) groups excluding carboxylic acids is 11. The van der Waals surface area contributed by atoms with Crippen LogP contribution in [-0.4, -0.2) is 170 Å². The monoisotopic (exact) mass is 1270 g/mol. The lowest BCUT2D eigenvalue weighted by Gasteiger charge is -2.55. The molecule has 0 bridgehead atoms. The lowest BCUT2D eigenvalue weighted by Crippen LogP contribution is -2.63. The van der Waals surface area contributed by atoms with Gasteiger partial charge in [-0.05, 0) is 143 Å². The number of aliphatic hydroxyl groups excluding tert-OH is 1. The molecule has 0 spiro atoms. The molecule has 3 saturated carbocycles. The van der Waals surface area contributed by atoms with Crippen molar-refractivity contribution in [2.45, 2.75) is 198 Å². The van der Waals surface area contributed by atoms with Gasteiger partial charge in [-0.25, -0.2) is 0 Å². The van der Waals surface area contributed by atoms with Gasteiger partial charge in [0, 0.05) is 30.9 Å². The van der Waals surface area contributed by atoms with E-state index in [1.807, 2.05) is 19.9 Å². The predicted octanol–water partition coefficient (Wildman–Crippen LogP) is 0.386. The van der Waals surface area contributed by atoms with Crippen molar-refractivity contribution in [3.8, 4) is 5.75 Å². The maximum absolute atomic E-state index is 14.4. The van der Waals surface area contributed by atoms with Gasteiger partial charge in [0.1, 0.15) is 48.0 Å². The minimum absolute atomic E-state index is 0.0405. The largest absolute Gasteiger partial charge is 0.508 e. The van der Waals surface area contributed by atoms with E-state index in [0.29, 0.717) is 36.0 Å². The van der Waals surface area contributed by atoms with Crippen LogP contribution in [0.1, 0.15) is 138 Å². The summed E-state index contributed by atoms with van der Waals surface area (Å²) >= 11 is 0. The van der Waals surface area contributed by atoms with E-state index < -0.39 is 138 Å². The van der Waals surface area contributed by atoms with Crippen molar-refractivity contribution in [2.75, 3.05) is 24.6 Å². The van der Waals surface area contributed by atoms with Crippen molar-refractivity contribution in [3.05, 3.63) is 41.5 Å². The molecule has 5 fully saturated rings. The molecular formula is C61H93N11O14S2. The molecule has 25 nitrogen and oxygen atoms in total. The average Bonchev–Trinajstić information content (AvgIpc) is 2.77. The first-order valence-corrected chi connectivity index (χ1v) is 33.3. The van der Waals surface area contributed by atoms with Crippen molar-refractivity contribution in [2.24, 2.45) is 58.1 Å². The summed E-state index contributed by atoms with van der Waals surface area (Å²) in [6.07, 6.45) is 9.38. The van der Waals surface area contributed by atoms with Crippen LogP contribution < -0.4 is 54.4 Å². The summed E-state index contributed by atoms with van der Waals surface area (Å²) in [5, 5.41) is 49.1. The number of phenols is 1. The molecule has 2 heterocycles. The van der Waals surface area contributed by atoms with Crippen LogP contribution in [0, 0.1) is 40.9 Å². The Hall–Kier alpha value is -6.29. The summed E-state index contributed by atoms with van der Waals surface area (Å²) in [4.78, 5) is 147. The number of fused-ring (bicyclic) bond motifs is 5. The Morgan fingerprint density at radius 1 is 0.761 bits per heavy atom. The predicted molar refractivity (Wildman–Crippen MR) is 330 cm³/mol. The number of primary amides is 2. The maximum Gasteiger partial charge on any atom is 0.246 e. The lowest BCUT2D eigenvalue weighted by molar-refractivity contribution is -0.142. The molecule has 0 unspecified atom stereocenters. The van der Waals surface area contributed by atoms with E-state index in [1.165, 1.54) is 55.2 Å². The highest BCUT2D eigenvalue weighted by molar-refractivity contribution is 8.76. The van der Waals surface area contributed by atoms with Crippen molar-refractivity contribution in [1.82, 2.24) is 42.1 Å². The van der Waals surface area contributed by atoms with Crippen molar-refractivity contribution >= 4 is 86.4 Å². The van der Waals surface area contributed by atoms with E-state index in [0.717, 1.165) is 59.1 Å². The van der Waals surface area contributed by atoms with Gasteiger partial charge >= 0.3 is 0 Å². The van der Waals surface area contributed by atoms with Gasteiger partial charge in [-0.2, -0.15) is 0 Å². The third-order valence-electron chi connectivity index (χ3n) is 18.9. The second-order valence-corrected chi connectivity index (χ2v) is 28.2. The van der Waals surface area contributed by atoms with E-state index in [4.69, 9.17) is 17.2 Å². The van der Waals surface area contributed by atoms with Gasteiger partial charge in [0.15, 0.2) is 5.78 Å². The smallest absolute Gasteiger partial charge is 0.246 e. The highest BCUT2D eigenvalue weighted by Gasteiger charge is 2.60. The highest BCUT2D eigenvalue weighted by atomic mass is 33.1. The van der Waals surface area contributed by atoms with E-state index in [-0.39, 0.29) is 54.4 Å². The number of nitrogens with one attached hydrogen (secondary N) is 7. The number of carbonyl (C=O) groups is 11. The fourth-order valence-electron chi connectivity index (χ4n) is 13.6. The van der Waals surface area contributed by atoms with Crippen LogP contribution in [0.4, 0.5) is 0 Å². The topological polar surface area (TPSA) is 414 Å². The van der Waals surface area contributed by atoms with Gasteiger partial charge in [0.25, 0.3) is 0 Å². The zero-order valence-corrected chi connectivity index (χ0v) is 53.2. The standard InChI is InChI=1S/C42H65N11O12S2.C19H28O2/c1-6-21(4)33-40(63)52-34(22(5)54)41(64)49-28(16-31(44)56)37(60)50-29(19-67-66-18-25(43)35(58)47-27(38(61)51-33)15-23-9-11-24(55)12-10-23)42(65)53-13-7-8-30(53)39(62)48-26(14-20(2)3)36(59)46-17-32(45)57;1-18-9-7-15-14-6-4-13(20)11-12(14)3-5-16(15)17(18)8-10-19(18,2)21/h9-12,20-22,25-30,33-34,54-55H,6-8,13-19,43H2,1-5H3,(H2,44,56)(H2,45,57)(H,46,59)(H,47,58)(H,48,62)(H,49,64)(H,50,60)(H,51,61)(H,52,63);11,14-17,21H,3-10H2,1-2H3/t21-,22+,25-,26+,27+,28-,29-,30+,33+,34+;14-,15+,16+,17-,18-,19-/m00/s1. The van der Waals surface area contributed by atoms with Crippen LogP contribution >= 0.6 is 21.6 Å². The van der Waals surface area contributed by atoms with Gasteiger partial charge < -0.3 is 74.6 Å². The number of phenolic OH excluding ortho intramolecular Hbond substituents is 1. The normalized spacial score (nSPS) is 31.8. The van der Waals surface area contributed by atoms with Crippen LogP contribution in [0.15, 0.2) is 35.9 Å². The van der Waals surface area contributed by atoms with Gasteiger partial charge in [-0.1, -0.05) is 80.3 Å². The molecule has 1 aromatic rings. The van der Waals surface area contributed by atoms with Crippen molar-refractivity contribution in [3.63, 3.8) is 0 Å². The number of likely N-dealkylation sites (tertiary alicyclic amines) is 1. The number of aliphatic hydroxyl groups is 2. The van der Waals surface area contributed by atoms with Crippen LogP contribution in [0.25, 0.3) is 0 Å². The number of ketones is 1. The minimum atomic E-state index is -1.76. The molecule has 7 rings (SSSR count). The fraction of sp³-hybridized carbons (Fsp3) is 0.689. The molecule has 4 aliphatic carbocycles. The SMILES string of the molecule is CC[C@H](C)[C@H]1NC(=O)[C@@H](Cc2ccc(O)cc2)NC(=O)[C@@H](N)CSSC[C@@H](C(=O)N2CCC[C@@H]2C(=O)N[C@H](CC(C)C)C(=O)NCC(N)=O)NC(=O)[C@H](CC(N)=O)NC(=O)[C@@H]([C@@H](C)O)NC1=O.C[C@]1(O)CC[C@H]2[C@@H]3CCC4=CC(=O)CC[C@@H]4[C@H]3CC[C@@]21C. The molecule has 6 aliphatic rings. The Balaban J connectivity index is 0.000000484. The summed E-state index contributed by atoms with van der Waals surface area (Å²) in [5.74, 6) is -6.27. The summed E-state index contributed by atoms with van der Waals surface area (Å²) in [7, 11) is 2.06. The zero-order valence-electron chi connectivity index (χ0n) is 51.6. The Morgan fingerprint density at radius 3 is 2.06 bits per heavy atom. The minimum Gasteiger partial charge on any atom is -0.508 e.